The summed E-state index contributed by atoms with van der Waals surface area (Å²) in [5.74, 6) is 0.575. The molecule has 0 spiro atoms. The van der Waals surface area contributed by atoms with Crippen LogP contribution < -0.4 is 0 Å². The molecule has 0 bridgehead atoms. The molecule has 0 saturated heterocycles. The second-order valence-corrected chi connectivity index (χ2v) is 6.50. The van der Waals surface area contributed by atoms with Crippen LogP contribution in [0.25, 0.3) is 0 Å². The molecule has 0 heterocycles. The number of aliphatic hydroxyl groups is 1. The second kappa shape index (κ2) is 5.97. The summed E-state index contributed by atoms with van der Waals surface area (Å²) < 4.78 is 0. The molecule has 0 aromatic heterocycles. The molecule has 0 radical (unpaired) electrons. The van der Waals surface area contributed by atoms with Gasteiger partial charge >= 0.3 is 0 Å². The first-order valence-corrected chi connectivity index (χ1v) is 7.70. The van der Waals surface area contributed by atoms with E-state index in [9.17, 15) is 10.4 Å². The maximum Gasteiger partial charge on any atom is 0.0863 e. The lowest BCUT2D eigenvalue weighted by Gasteiger charge is -2.45. The minimum Gasteiger partial charge on any atom is -0.388 e. The summed E-state index contributed by atoms with van der Waals surface area (Å²) in [6.45, 7) is 4.03. The maximum atomic E-state index is 11.0. The highest BCUT2D eigenvalue weighted by atomic mass is 16.3. The van der Waals surface area contributed by atoms with Crippen molar-refractivity contribution in [3.05, 3.63) is 35.9 Å². The van der Waals surface area contributed by atoms with E-state index in [1.807, 2.05) is 37.3 Å². The van der Waals surface area contributed by atoms with Crippen LogP contribution in [0.1, 0.15) is 51.5 Å². The van der Waals surface area contributed by atoms with Crippen LogP contribution in [0.5, 0.6) is 0 Å². The number of nitrogens with zero attached hydrogens (tertiary/aromatic N) is 1. The summed E-state index contributed by atoms with van der Waals surface area (Å²) in [4.78, 5) is 0. The standard InChI is InChI=1S/C18H25NO/c1-3-15-10-7-11-18(13-15,14-19)17(2,20)12-16-8-5-4-6-9-16/h4-6,8-9,15,20H,3,7,10-13H2,1-2H3. The fourth-order valence-corrected chi connectivity index (χ4v) is 3.61. The predicted octanol–water partition coefficient (Wildman–Crippen LogP) is 4.09. The Balaban J connectivity index is 2.23. The van der Waals surface area contributed by atoms with E-state index in [1.54, 1.807) is 0 Å². The summed E-state index contributed by atoms with van der Waals surface area (Å²) in [6, 6.07) is 12.5. The summed E-state index contributed by atoms with van der Waals surface area (Å²) in [5, 5.41) is 20.8. The van der Waals surface area contributed by atoms with E-state index >= 15 is 0 Å². The van der Waals surface area contributed by atoms with E-state index in [4.69, 9.17) is 0 Å². The Hall–Kier alpha value is -1.33. The van der Waals surface area contributed by atoms with Crippen LogP contribution in [0.4, 0.5) is 0 Å². The third-order valence-corrected chi connectivity index (χ3v) is 5.07. The van der Waals surface area contributed by atoms with Gasteiger partial charge in [-0.15, -0.1) is 0 Å². The first-order valence-electron chi connectivity index (χ1n) is 7.70. The number of hydrogen-bond donors (Lipinski definition) is 1. The third kappa shape index (κ3) is 2.88. The normalized spacial score (nSPS) is 29.4. The highest BCUT2D eigenvalue weighted by Gasteiger charge is 2.49. The second-order valence-electron chi connectivity index (χ2n) is 6.50. The van der Waals surface area contributed by atoms with Crippen LogP contribution in [0.15, 0.2) is 30.3 Å². The van der Waals surface area contributed by atoms with E-state index in [2.05, 4.69) is 13.0 Å². The van der Waals surface area contributed by atoms with Gasteiger partial charge in [0.25, 0.3) is 0 Å². The van der Waals surface area contributed by atoms with Crippen molar-refractivity contribution in [3.63, 3.8) is 0 Å². The molecule has 3 unspecified atom stereocenters. The average Bonchev–Trinajstić information content (AvgIpc) is 2.47. The summed E-state index contributed by atoms with van der Waals surface area (Å²) in [5.41, 5.74) is -0.454. The molecule has 0 amide bonds. The van der Waals surface area contributed by atoms with Gasteiger partial charge in [-0.1, -0.05) is 56.5 Å². The van der Waals surface area contributed by atoms with Gasteiger partial charge in [-0.05, 0) is 31.2 Å². The number of rotatable bonds is 4. The lowest BCUT2D eigenvalue weighted by Crippen LogP contribution is -2.49. The Morgan fingerprint density at radius 3 is 2.70 bits per heavy atom. The molecule has 1 aliphatic carbocycles. The Labute approximate surface area is 122 Å². The van der Waals surface area contributed by atoms with E-state index in [0.29, 0.717) is 12.3 Å². The Kier molecular flexibility index (Phi) is 4.50. The van der Waals surface area contributed by atoms with Crippen molar-refractivity contribution in [1.82, 2.24) is 0 Å². The van der Waals surface area contributed by atoms with Crippen LogP contribution in [0.2, 0.25) is 0 Å². The van der Waals surface area contributed by atoms with Gasteiger partial charge in [0.15, 0.2) is 0 Å². The van der Waals surface area contributed by atoms with Crippen LogP contribution in [-0.2, 0) is 6.42 Å². The first-order chi connectivity index (χ1) is 9.53. The SMILES string of the molecule is CCC1CCCC(C#N)(C(C)(O)Cc2ccccc2)C1. The van der Waals surface area contributed by atoms with E-state index in [1.165, 1.54) is 6.42 Å². The quantitative estimate of drug-likeness (QED) is 0.896. The molecule has 1 N–H and O–H groups in total. The molecule has 2 nitrogen and oxygen atoms in total. The third-order valence-electron chi connectivity index (χ3n) is 5.07. The number of nitriles is 1. The smallest absolute Gasteiger partial charge is 0.0863 e. The Bertz CT molecular complexity index is 474. The summed E-state index contributed by atoms with van der Waals surface area (Å²) in [6.07, 6.45) is 5.56. The average molecular weight is 271 g/mol. The lowest BCUT2D eigenvalue weighted by molar-refractivity contribution is -0.0673. The van der Waals surface area contributed by atoms with Crippen LogP contribution in [-0.4, -0.2) is 10.7 Å². The molecule has 1 aliphatic rings. The van der Waals surface area contributed by atoms with E-state index in [0.717, 1.165) is 31.2 Å². The number of hydrogen-bond acceptors (Lipinski definition) is 2. The monoisotopic (exact) mass is 271 g/mol. The molecule has 2 heteroatoms. The molecule has 20 heavy (non-hydrogen) atoms. The minimum absolute atomic E-state index is 0.553. The van der Waals surface area contributed by atoms with Gasteiger partial charge in [0.2, 0.25) is 0 Å². The van der Waals surface area contributed by atoms with Gasteiger partial charge in [-0.25, -0.2) is 0 Å². The first kappa shape index (κ1) is 15.1. The molecular formula is C18H25NO. The molecule has 2 rings (SSSR count). The van der Waals surface area contributed by atoms with Crippen molar-refractivity contribution >= 4 is 0 Å². The topological polar surface area (TPSA) is 44.0 Å². The molecular weight excluding hydrogens is 246 g/mol. The van der Waals surface area contributed by atoms with Gasteiger partial charge in [0.05, 0.1) is 17.1 Å². The van der Waals surface area contributed by atoms with Gasteiger partial charge in [-0.3, -0.25) is 0 Å². The Morgan fingerprint density at radius 2 is 2.10 bits per heavy atom. The molecule has 0 aliphatic heterocycles. The summed E-state index contributed by atoms with van der Waals surface area (Å²) >= 11 is 0. The molecule has 1 fully saturated rings. The fraction of sp³-hybridized carbons (Fsp3) is 0.611. The predicted molar refractivity (Wildman–Crippen MR) is 81.1 cm³/mol. The van der Waals surface area contributed by atoms with Crippen molar-refractivity contribution in [2.75, 3.05) is 0 Å². The van der Waals surface area contributed by atoms with Crippen LogP contribution in [0.3, 0.4) is 0 Å². The zero-order valence-electron chi connectivity index (χ0n) is 12.6. The molecule has 1 saturated carbocycles. The zero-order chi connectivity index (χ0) is 14.6. The highest BCUT2D eigenvalue weighted by molar-refractivity contribution is 5.21. The lowest BCUT2D eigenvalue weighted by atomic mass is 9.60. The van der Waals surface area contributed by atoms with Gasteiger partial charge in [0, 0.05) is 6.42 Å². The highest BCUT2D eigenvalue weighted by Crippen LogP contribution is 2.48. The van der Waals surface area contributed by atoms with Crippen LogP contribution in [0, 0.1) is 22.7 Å². The molecule has 1 aromatic carbocycles. The zero-order valence-corrected chi connectivity index (χ0v) is 12.6. The minimum atomic E-state index is -0.961. The summed E-state index contributed by atoms with van der Waals surface area (Å²) in [7, 11) is 0. The molecule has 3 atom stereocenters. The van der Waals surface area contributed by atoms with Gasteiger partial charge < -0.3 is 5.11 Å². The maximum absolute atomic E-state index is 11.0. The van der Waals surface area contributed by atoms with E-state index in [-0.39, 0.29) is 0 Å². The van der Waals surface area contributed by atoms with Crippen LogP contribution >= 0.6 is 0 Å². The number of benzene rings is 1. The van der Waals surface area contributed by atoms with Crippen molar-refractivity contribution in [1.29, 1.82) is 5.26 Å². The van der Waals surface area contributed by atoms with Gasteiger partial charge in [0.1, 0.15) is 0 Å². The fourth-order valence-electron chi connectivity index (χ4n) is 3.61. The van der Waals surface area contributed by atoms with E-state index < -0.39 is 11.0 Å². The largest absolute Gasteiger partial charge is 0.388 e. The van der Waals surface area contributed by atoms with Crippen molar-refractivity contribution in [2.24, 2.45) is 11.3 Å². The van der Waals surface area contributed by atoms with Crippen molar-refractivity contribution in [2.45, 2.75) is 58.0 Å². The van der Waals surface area contributed by atoms with Crippen molar-refractivity contribution in [3.8, 4) is 6.07 Å². The molecule has 108 valence electrons. The van der Waals surface area contributed by atoms with Crippen molar-refractivity contribution < 1.29 is 5.11 Å². The Morgan fingerprint density at radius 1 is 1.40 bits per heavy atom. The van der Waals surface area contributed by atoms with Gasteiger partial charge in [-0.2, -0.15) is 5.26 Å². The molecule has 1 aromatic rings.